The molecule has 0 saturated carbocycles. The van der Waals surface area contributed by atoms with Crippen LogP contribution in [0.1, 0.15) is 18.5 Å². The Morgan fingerprint density at radius 2 is 1.84 bits per heavy atom. The Morgan fingerprint density at radius 3 is 2.58 bits per heavy atom. The van der Waals surface area contributed by atoms with Gasteiger partial charge in [-0.25, -0.2) is 13.2 Å². The molecule has 0 fully saturated rings. The zero-order chi connectivity index (χ0) is 14.0. The van der Waals surface area contributed by atoms with E-state index in [2.05, 4.69) is 5.32 Å². The lowest BCUT2D eigenvalue weighted by atomic mass is 10.1. The molecule has 1 atom stereocenters. The summed E-state index contributed by atoms with van der Waals surface area (Å²) in [6.07, 6.45) is 0. The van der Waals surface area contributed by atoms with Crippen LogP contribution in [0.25, 0.3) is 0 Å². The summed E-state index contributed by atoms with van der Waals surface area (Å²) in [5.74, 6) is -1.71. The van der Waals surface area contributed by atoms with Crippen LogP contribution in [0.2, 0.25) is 5.02 Å². The van der Waals surface area contributed by atoms with E-state index < -0.39 is 23.5 Å². The molecule has 2 rings (SSSR count). The molecule has 100 valence electrons. The summed E-state index contributed by atoms with van der Waals surface area (Å²) in [6.45, 7) is 1.61. The molecule has 0 aliphatic heterocycles. The Balaban J connectivity index is 2.28. The third kappa shape index (κ3) is 3.01. The van der Waals surface area contributed by atoms with Crippen LogP contribution in [-0.4, -0.2) is 0 Å². The highest BCUT2D eigenvalue weighted by atomic mass is 35.5. The van der Waals surface area contributed by atoms with Gasteiger partial charge in [0.05, 0.1) is 16.8 Å². The Bertz CT molecular complexity index is 601. The molecule has 1 unspecified atom stereocenters. The van der Waals surface area contributed by atoms with Crippen LogP contribution in [0.4, 0.5) is 18.9 Å². The van der Waals surface area contributed by atoms with Gasteiger partial charge in [-0.1, -0.05) is 17.7 Å². The minimum Gasteiger partial charge on any atom is -0.376 e. The van der Waals surface area contributed by atoms with Crippen molar-refractivity contribution >= 4 is 17.3 Å². The van der Waals surface area contributed by atoms with E-state index >= 15 is 0 Å². The Kier molecular flexibility index (Phi) is 4.00. The van der Waals surface area contributed by atoms with Gasteiger partial charge >= 0.3 is 0 Å². The van der Waals surface area contributed by atoms with Crippen molar-refractivity contribution in [2.24, 2.45) is 0 Å². The maximum absolute atomic E-state index is 13.7. The largest absolute Gasteiger partial charge is 0.376 e. The topological polar surface area (TPSA) is 12.0 Å². The van der Waals surface area contributed by atoms with E-state index in [1.165, 1.54) is 12.1 Å². The van der Waals surface area contributed by atoms with Gasteiger partial charge in [0.25, 0.3) is 0 Å². The fraction of sp³-hybridized carbons (Fsp3) is 0.143. The lowest BCUT2D eigenvalue weighted by molar-refractivity contribution is 0.575. The zero-order valence-corrected chi connectivity index (χ0v) is 10.8. The average Bonchev–Trinajstić information content (AvgIpc) is 2.38. The molecule has 0 heterocycles. The van der Waals surface area contributed by atoms with Gasteiger partial charge in [0.2, 0.25) is 0 Å². The Labute approximate surface area is 114 Å². The molecule has 0 spiro atoms. The Morgan fingerprint density at radius 1 is 1.11 bits per heavy atom. The first-order valence-electron chi connectivity index (χ1n) is 5.64. The maximum atomic E-state index is 13.7. The molecule has 0 aliphatic rings. The van der Waals surface area contributed by atoms with Crippen LogP contribution in [0.3, 0.4) is 0 Å². The number of nitrogens with one attached hydrogen (secondary N) is 1. The van der Waals surface area contributed by atoms with Gasteiger partial charge < -0.3 is 5.32 Å². The molecule has 19 heavy (non-hydrogen) atoms. The zero-order valence-electron chi connectivity index (χ0n) is 10.1. The molecule has 2 aromatic rings. The van der Waals surface area contributed by atoms with E-state index in [9.17, 15) is 13.2 Å². The van der Waals surface area contributed by atoms with Crippen LogP contribution >= 0.6 is 11.6 Å². The number of hydrogen-bond acceptors (Lipinski definition) is 1. The molecule has 1 nitrogen and oxygen atoms in total. The van der Waals surface area contributed by atoms with Gasteiger partial charge in [-0.15, -0.1) is 0 Å². The number of anilines is 1. The number of benzene rings is 2. The second kappa shape index (κ2) is 5.53. The van der Waals surface area contributed by atoms with Crippen LogP contribution in [0, 0.1) is 17.5 Å². The minimum absolute atomic E-state index is 0.0306. The van der Waals surface area contributed by atoms with E-state index in [1.807, 2.05) is 0 Å². The summed E-state index contributed by atoms with van der Waals surface area (Å²) >= 11 is 5.65. The summed E-state index contributed by atoms with van der Waals surface area (Å²) in [7, 11) is 0. The molecule has 0 aliphatic carbocycles. The van der Waals surface area contributed by atoms with E-state index in [0.29, 0.717) is 0 Å². The second-order valence-corrected chi connectivity index (χ2v) is 4.54. The molecular formula is C14H11ClF3N. The van der Waals surface area contributed by atoms with E-state index in [-0.39, 0.29) is 16.3 Å². The maximum Gasteiger partial charge on any atom is 0.164 e. The van der Waals surface area contributed by atoms with Crippen molar-refractivity contribution in [2.75, 3.05) is 5.32 Å². The monoisotopic (exact) mass is 285 g/mol. The van der Waals surface area contributed by atoms with Crippen molar-refractivity contribution in [3.05, 3.63) is 64.4 Å². The molecular weight excluding hydrogens is 275 g/mol. The SMILES string of the molecule is CC(Nc1cccc(Cl)c1F)c1cc(F)ccc1F. The van der Waals surface area contributed by atoms with Gasteiger partial charge in [0.15, 0.2) is 5.82 Å². The summed E-state index contributed by atoms with van der Waals surface area (Å²) < 4.78 is 40.4. The fourth-order valence-corrected chi connectivity index (χ4v) is 1.95. The van der Waals surface area contributed by atoms with E-state index in [1.54, 1.807) is 13.0 Å². The van der Waals surface area contributed by atoms with Gasteiger partial charge in [-0.05, 0) is 37.3 Å². The molecule has 0 aromatic heterocycles. The van der Waals surface area contributed by atoms with Crippen molar-refractivity contribution in [1.82, 2.24) is 0 Å². The normalized spacial score (nSPS) is 12.3. The van der Waals surface area contributed by atoms with E-state index in [0.717, 1.165) is 18.2 Å². The summed E-state index contributed by atoms with van der Waals surface area (Å²) in [5, 5.41) is 2.74. The number of hydrogen-bond donors (Lipinski definition) is 1. The van der Waals surface area contributed by atoms with Crippen LogP contribution < -0.4 is 5.32 Å². The fourth-order valence-electron chi connectivity index (χ4n) is 1.77. The molecule has 1 N–H and O–H groups in total. The standard InChI is InChI=1S/C14H11ClF3N/c1-8(10-7-9(16)5-6-12(10)17)19-13-4-2-3-11(15)14(13)18/h2-8,19H,1H3. The van der Waals surface area contributed by atoms with Gasteiger partial charge in [-0.2, -0.15) is 0 Å². The first kappa shape index (κ1) is 13.7. The number of halogens is 4. The van der Waals surface area contributed by atoms with Crippen molar-refractivity contribution in [3.63, 3.8) is 0 Å². The highest BCUT2D eigenvalue weighted by Gasteiger charge is 2.14. The van der Waals surface area contributed by atoms with Gasteiger partial charge in [0, 0.05) is 5.56 Å². The minimum atomic E-state index is -0.618. The quantitative estimate of drug-likeness (QED) is 0.843. The second-order valence-electron chi connectivity index (χ2n) is 4.13. The lowest BCUT2D eigenvalue weighted by Crippen LogP contribution is -2.10. The first-order chi connectivity index (χ1) is 8.99. The van der Waals surface area contributed by atoms with Crippen molar-refractivity contribution in [1.29, 1.82) is 0 Å². The Hall–Kier alpha value is -1.68. The van der Waals surface area contributed by atoms with Crippen molar-refractivity contribution in [2.45, 2.75) is 13.0 Å². The van der Waals surface area contributed by atoms with Crippen LogP contribution in [0.15, 0.2) is 36.4 Å². The van der Waals surface area contributed by atoms with Crippen LogP contribution in [-0.2, 0) is 0 Å². The van der Waals surface area contributed by atoms with Crippen molar-refractivity contribution in [3.8, 4) is 0 Å². The predicted octanol–water partition coefficient (Wildman–Crippen LogP) is 4.93. The smallest absolute Gasteiger partial charge is 0.164 e. The number of rotatable bonds is 3. The summed E-state index contributed by atoms with van der Waals surface area (Å²) in [6, 6.07) is 7.02. The lowest BCUT2D eigenvalue weighted by Gasteiger charge is -2.17. The highest BCUT2D eigenvalue weighted by molar-refractivity contribution is 6.31. The predicted molar refractivity (Wildman–Crippen MR) is 69.8 cm³/mol. The molecule has 0 bridgehead atoms. The first-order valence-corrected chi connectivity index (χ1v) is 6.02. The van der Waals surface area contributed by atoms with Crippen molar-refractivity contribution < 1.29 is 13.2 Å². The van der Waals surface area contributed by atoms with Gasteiger partial charge in [-0.3, -0.25) is 0 Å². The summed E-state index contributed by atoms with van der Waals surface area (Å²) in [5.41, 5.74) is 0.267. The average molecular weight is 286 g/mol. The molecule has 5 heteroatoms. The van der Waals surface area contributed by atoms with Crippen LogP contribution in [0.5, 0.6) is 0 Å². The third-order valence-corrected chi connectivity index (χ3v) is 3.04. The summed E-state index contributed by atoms with van der Waals surface area (Å²) in [4.78, 5) is 0. The third-order valence-electron chi connectivity index (χ3n) is 2.75. The molecule has 0 amide bonds. The molecule has 2 aromatic carbocycles. The highest BCUT2D eigenvalue weighted by Crippen LogP contribution is 2.27. The van der Waals surface area contributed by atoms with Gasteiger partial charge in [0.1, 0.15) is 11.6 Å². The van der Waals surface area contributed by atoms with E-state index in [4.69, 9.17) is 11.6 Å². The molecule has 0 radical (unpaired) electrons. The molecule has 0 saturated heterocycles.